The van der Waals surface area contributed by atoms with E-state index in [1.54, 1.807) is 13.0 Å². The molecule has 4 rings (SSSR count). The third-order valence-corrected chi connectivity index (χ3v) is 4.36. The number of carbonyl (C=O) groups excluding carboxylic acids is 2. The van der Waals surface area contributed by atoms with Crippen LogP contribution in [0.1, 0.15) is 23.0 Å². The first kappa shape index (κ1) is 13.8. The van der Waals surface area contributed by atoms with Crippen molar-refractivity contribution in [2.24, 2.45) is 7.05 Å². The van der Waals surface area contributed by atoms with Crippen LogP contribution in [0.5, 0.6) is 0 Å². The summed E-state index contributed by atoms with van der Waals surface area (Å²) in [4.78, 5) is 23.9. The van der Waals surface area contributed by atoms with Gasteiger partial charge >= 0.3 is 5.97 Å². The number of carbonyl (C=O) groups is 2. The number of benzene rings is 1. The molecule has 0 bridgehead atoms. The highest BCUT2D eigenvalue weighted by Crippen LogP contribution is 2.34. The molecular weight excluding hydrogens is 294 g/mol. The number of rotatable bonds is 2. The van der Waals surface area contributed by atoms with E-state index < -0.39 is 6.29 Å². The van der Waals surface area contributed by atoms with Gasteiger partial charge in [0, 0.05) is 41.6 Å². The molecule has 1 aliphatic heterocycles. The number of nitrogens with zero attached hydrogens (tertiary/aromatic N) is 1. The third kappa shape index (κ3) is 2.00. The largest absolute Gasteiger partial charge is 0.458 e. The third-order valence-electron chi connectivity index (χ3n) is 4.36. The smallest absolute Gasteiger partial charge is 0.336 e. The summed E-state index contributed by atoms with van der Waals surface area (Å²) < 4.78 is 12.4. The molecule has 0 saturated carbocycles. The first-order chi connectivity index (χ1) is 11.1. The van der Waals surface area contributed by atoms with Gasteiger partial charge in [0.25, 0.3) is 6.29 Å². The van der Waals surface area contributed by atoms with Crippen LogP contribution in [-0.4, -0.2) is 22.6 Å². The molecule has 0 unspecified atom stereocenters. The lowest BCUT2D eigenvalue weighted by Gasteiger charge is -2.08. The normalized spacial score (nSPS) is 21.7. The van der Waals surface area contributed by atoms with Gasteiger partial charge < -0.3 is 14.0 Å². The number of allylic oxidation sites excluding steroid dienone is 1. The van der Waals surface area contributed by atoms with Gasteiger partial charge in [0.2, 0.25) is 5.78 Å². The van der Waals surface area contributed by atoms with Gasteiger partial charge in [0.1, 0.15) is 0 Å². The predicted molar refractivity (Wildman–Crippen MR) is 83.8 cm³/mol. The SMILES string of the molecule is CC1=C[C@H](O/C=C2\Cc3c(n(C)c4ccccc34)C2=O)OC1=O. The molecule has 0 amide bonds. The van der Waals surface area contributed by atoms with Crippen LogP contribution in [0, 0.1) is 0 Å². The van der Waals surface area contributed by atoms with Gasteiger partial charge in [-0.1, -0.05) is 18.2 Å². The van der Waals surface area contributed by atoms with Crippen LogP contribution in [0.3, 0.4) is 0 Å². The highest BCUT2D eigenvalue weighted by Gasteiger charge is 2.32. The fraction of sp³-hybridized carbons (Fsp3) is 0.222. The Bertz CT molecular complexity index is 916. The Kier molecular flexibility index (Phi) is 2.91. The van der Waals surface area contributed by atoms with Gasteiger partial charge in [0.05, 0.1) is 12.0 Å². The van der Waals surface area contributed by atoms with Crippen LogP contribution in [0.15, 0.2) is 47.7 Å². The zero-order chi connectivity index (χ0) is 16.1. The first-order valence-corrected chi connectivity index (χ1v) is 7.41. The maximum absolute atomic E-state index is 12.6. The molecule has 2 heterocycles. The summed E-state index contributed by atoms with van der Waals surface area (Å²) in [5, 5.41) is 1.09. The summed E-state index contributed by atoms with van der Waals surface area (Å²) in [7, 11) is 1.90. The number of fused-ring (bicyclic) bond motifs is 3. The molecule has 2 aliphatic rings. The fourth-order valence-corrected chi connectivity index (χ4v) is 3.18. The highest BCUT2D eigenvalue weighted by molar-refractivity contribution is 6.16. The molecule has 0 spiro atoms. The maximum atomic E-state index is 12.6. The molecule has 0 N–H and O–H groups in total. The lowest BCUT2D eigenvalue weighted by Crippen LogP contribution is -2.11. The Morgan fingerprint density at radius 1 is 1.30 bits per heavy atom. The number of aryl methyl sites for hydroxylation is 1. The van der Waals surface area contributed by atoms with Crippen molar-refractivity contribution in [1.82, 2.24) is 4.57 Å². The van der Waals surface area contributed by atoms with Crippen LogP contribution < -0.4 is 0 Å². The van der Waals surface area contributed by atoms with E-state index in [-0.39, 0.29) is 11.8 Å². The predicted octanol–water partition coefficient (Wildman–Crippen LogP) is 2.65. The monoisotopic (exact) mass is 309 g/mol. The van der Waals surface area contributed by atoms with Gasteiger partial charge in [-0.05, 0) is 18.6 Å². The number of para-hydroxylation sites is 1. The van der Waals surface area contributed by atoms with Crippen molar-refractivity contribution in [3.8, 4) is 0 Å². The summed E-state index contributed by atoms with van der Waals surface area (Å²) in [5.74, 6) is -0.427. The second-order valence-corrected chi connectivity index (χ2v) is 5.81. The van der Waals surface area contributed by atoms with Crippen LogP contribution in [0.4, 0.5) is 0 Å². The zero-order valence-electron chi connectivity index (χ0n) is 12.8. The Balaban J connectivity index is 1.64. The molecule has 0 fully saturated rings. The first-order valence-electron chi connectivity index (χ1n) is 7.41. The minimum atomic E-state index is -0.747. The minimum absolute atomic E-state index is 0.0382. The second kappa shape index (κ2) is 4.84. The molecule has 1 atom stereocenters. The molecule has 0 radical (unpaired) electrons. The second-order valence-electron chi connectivity index (χ2n) is 5.81. The van der Waals surface area contributed by atoms with Crippen LogP contribution in [-0.2, 0) is 27.7 Å². The number of ether oxygens (including phenoxy) is 2. The standard InChI is InChI=1S/C18H15NO4/c1-10-7-15(23-18(10)21)22-9-11-8-13-12-5-3-4-6-14(12)19(2)16(13)17(11)20/h3-7,9,15H,8H2,1-2H3/b11-9+/t15-/m1/s1. The fourth-order valence-electron chi connectivity index (χ4n) is 3.18. The van der Waals surface area contributed by atoms with Crippen molar-refractivity contribution in [2.45, 2.75) is 19.6 Å². The summed E-state index contributed by atoms with van der Waals surface area (Å²) >= 11 is 0. The lowest BCUT2D eigenvalue weighted by molar-refractivity contribution is -0.152. The lowest BCUT2D eigenvalue weighted by atomic mass is 10.1. The number of aromatic nitrogens is 1. The van der Waals surface area contributed by atoms with Crippen molar-refractivity contribution in [1.29, 1.82) is 0 Å². The number of Topliss-reactive ketones (excluding diaryl/α,β-unsaturated/α-hetero) is 1. The molecule has 2 aromatic rings. The number of hydrogen-bond donors (Lipinski definition) is 0. The molecule has 116 valence electrons. The Hall–Kier alpha value is -2.82. The Morgan fingerprint density at radius 2 is 2.09 bits per heavy atom. The number of cyclic esters (lactones) is 1. The molecule has 5 nitrogen and oxygen atoms in total. The quantitative estimate of drug-likeness (QED) is 0.486. The Morgan fingerprint density at radius 3 is 2.83 bits per heavy atom. The van der Waals surface area contributed by atoms with E-state index in [2.05, 4.69) is 0 Å². The van der Waals surface area contributed by atoms with Crippen molar-refractivity contribution in [3.63, 3.8) is 0 Å². The van der Waals surface area contributed by atoms with E-state index in [1.165, 1.54) is 6.26 Å². The maximum Gasteiger partial charge on any atom is 0.336 e. The topological polar surface area (TPSA) is 57.5 Å². The van der Waals surface area contributed by atoms with E-state index in [4.69, 9.17) is 9.47 Å². The summed E-state index contributed by atoms with van der Waals surface area (Å²) in [5.41, 5.74) is 3.87. The van der Waals surface area contributed by atoms with Crippen LogP contribution >= 0.6 is 0 Å². The van der Waals surface area contributed by atoms with Gasteiger partial charge in [0.15, 0.2) is 0 Å². The number of ketones is 1. The van der Waals surface area contributed by atoms with Crippen molar-refractivity contribution in [2.75, 3.05) is 0 Å². The molecule has 1 aliphatic carbocycles. The van der Waals surface area contributed by atoms with Gasteiger partial charge in [-0.3, -0.25) is 4.79 Å². The average Bonchev–Trinajstić information content (AvgIpc) is 3.13. The van der Waals surface area contributed by atoms with Gasteiger partial charge in [-0.2, -0.15) is 0 Å². The van der Waals surface area contributed by atoms with E-state index in [0.29, 0.717) is 23.3 Å². The molecule has 0 saturated heterocycles. The van der Waals surface area contributed by atoms with E-state index >= 15 is 0 Å². The number of hydrogen-bond acceptors (Lipinski definition) is 4. The summed E-state index contributed by atoms with van der Waals surface area (Å²) in [6, 6.07) is 7.96. The summed E-state index contributed by atoms with van der Waals surface area (Å²) in [6.07, 6.45) is 2.80. The highest BCUT2D eigenvalue weighted by atomic mass is 16.7. The van der Waals surface area contributed by atoms with Crippen molar-refractivity contribution >= 4 is 22.7 Å². The Labute approximate surface area is 132 Å². The molecule has 1 aromatic heterocycles. The van der Waals surface area contributed by atoms with Crippen LogP contribution in [0.2, 0.25) is 0 Å². The minimum Gasteiger partial charge on any atom is -0.458 e. The van der Waals surface area contributed by atoms with E-state index in [9.17, 15) is 9.59 Å². The van der Waals surface area contributed by atoms with Crippen molar-refractivity contribution < 1.29 is 19.1 Å². The van der Waals surface area contributed by atoms with Gasteiger partial charge in [-0.25, -0.2) is 4.79 Å². The van der Waals surface area contributed by atoms with Crippen molar-refractivity contribution in [3.05, 3.63) is 59.0 Å². The average molecular weight is 309 g/mol. The van der Waals surface area contributed by atoms with E-state index in [0.717, 1.165) is 16.5 Å². The molecule has 1 aromatic carbocycles. The summed E-state index contributed by atoms with van der Waals surface area (Å²) in [6.45, 7) is 1.67. The number of esters is 1. The van der Waals surface area contributed by atoms with Crippen LogP contribution in [0.25, 0.3) is 10.9 Å². The molecule has 5 heteroatoms. The zero-order valence-corrected chi connectivity index (χ0v) is 12.8. The molecular formula is C18H15NO4. The molecule has 23 heavy (non-hydrogen) atoms. The van der Waals surface area contributed by atoms with Gasteiger partial charge in [-0.15, -0.1) is 0 Å². The van der Waals surface area contributed by atoms with E-state index in [1.807, 2.05) is 35.9 Å².